The Labute approximate surface area is 170 Å². The van der Waals surface area contributed by atoms with Crippen molar-refractivity contribution in [3.8, 4) is 5.75 Å². The Hall–Kier alpha value is -2.89. The minimum absolute atomic E-state index is 0.0141. The van der Waals surface area contributed by atoms with E-state index in [1.807, 2.05) is 40.1 Å². The first-order valence-corrected chi connectivity index (χ1v) is 10.5. The van der Waals surface area contributed by atoms with Gasteiger partial charge in [0.25, 0.3) is 5.91 Å². The third kappa shape index (κ3) is 3.37. The van der Waals surface area contributed by atoms with Gasteiger partial charge in [0.2, 0.25) is 5.91 Å². The van der Waals surface area contributed by atoms with E-state index in [4.69, 9.17) is 4.74 Å². The normalized spacial score (nSPS) is 23.0. The minimum atomic E-state index is -0.0141. The number of fused-ring (bicyclic) bond motifs is 2. The fraction of sp³-hybridized carbons (Fsp3) is 0.435. The molecule has 2 atom stereocenters. The van der Waals surface area contributed by atoms with Gasteiger partial charge in [0.15, 0.2) is 0 Å². The first-order valence-electron chi connectivity index (χ1n) is 10.5. The Morgan fingerprint density at radius 3 is 2.90 bits per heavy atom. The van der Waals surface area contributed by atoms with E-state index in [2.05, 4.69) is 4.98 Å². The molecule has 0 spiro atoms. The highest BCUT2D eigenvalue weighted by molar-refractivity contribution is 5.96. The Morgan fingerprint density at radius 2 is 2.03 bits per heavy atom. The summed E-state index contributed by atoms with van der Waals surface area (Å²) in [4.78, 5) is 33.8. The molecule has 5 rings (SSSR count). The molecule has 0 saturated carbocycles. The number of hydrogen-bond acceptors (Lipinski definition) is 4. The molecule has 0 aliphatic carbocycles. The third-order valence-corrected chi connectivity index (χ3v) is 6.42. The molecule has 2 aromatic rings. The number of pyridine rings is 1. The summed E-state index contributed by atoms with van der Waals surface area (Å²) in [6, 6.07) is 9.84. The zero-order valence-electron chi connectivity index (χ0n) is 16.4. The van der Waals surface area contributed by atoms with Crippen LogP contribution in [-0.4, -0.2) is 58.4 Å². The molecule has 6 heteroatoms. The summed E-state index contributed by atoms with van der Waals surface area (Å²) in [5, 5.41) is 0. The lowest BCUT2D eigenvalue weighted by Crippen LogP contribution is -2.40. The van der Waals surface area contributed by atoms with E-state index in [0.29, 0.717) is 25.1 Å². The van der Waals surface area contributed by atoms with E-state index < -0.39 is 0 Å². The molecular formula is C23H25N3O3. The highest BCUT2D eigenvalue weighted by Crippen LogP contribution is 2.34. The first-order chi connectivity index (χ1) is 14.2. The van der Waals surface area contributed by atoms with E-state index in [0.717, 1.165) is 43.6 Å². The maximum Gasteiger partial charge on any atom is 0.254 e. The van der Waals surface area contributed by atoms with Crippen molar-refractivity contribution in [2.24, 2.45) is 0 Å². The van der Waals surface area contributed by atoms with Crippen molar-refractivity contribution in [1.82, 2.24) is 14.8 Å². The summed E-state index contributed by atoms with van der Waals surface area (Å²) in [5.41, 5.74) is 3.00. The Bertz CT molecular complexity index is 930. The van der Waals surface area contributed by atoms with Crippen LogP contribution < -0.4 is 4.74 Å². The molecule has 29 heavy (non-hydrogen) atoms. The van der Waals surface area contributed by atoms with Crippen LogP contribution in [0, 0.1) is 0 Å². The van der Waals surface area contributed by atoms with Crippen molar-refractivity contribution < 1.29 is 14.3 Å². The van der Waals surface area contributed by atoms with Crippen LogP contribution in [0.15, 0.2) is 42.7 Å². The number of nitrogens with zero attached hydrogens (tertiary/aromatic N) is 3. The van der Waals surface area contributed by atoms with Gasteiger partial charge in [-0.3, -0.25) is 14.6 Å². The van der Waals surface area contributed by atoms with Gasteiger partial charge in [0.1, 0.15) is 5.75 Å². The maximum absolute atomic E-state index is 13.2. The molecule has 0 bridgehead atoms. The Balaban J connectivity index is 1.29. The summed E-state index contributed by atoms with van der Waals surface area (Å²) in [7, 11) is 0. The van der Waals surface area contributed by atoms with Crippen LogP contribution in [0.4, 0.5) is 0 Å². The molecule has 4 heterocycles. The van der Waals surface area contributed by atoms with E-state index in [1.54, 1.807) is 12.4 Å². The lowest BCUT2D eigenvalue weighted by molar-refractivity contribution is -0.129. The van der Waals surface area contributed by atoms with Gasteiger partial charge < -0.3 is 14.5 Å². The number of likely N-dealkylation sites (tertiary alicyclic amines) is 2. The predicted molar refractivity (Wildman–Crippen MR) is 108 cm³/mol. The number of rotatable bonds is 4. The van der Waals surface area contributed by atoms with Crippen LogP contribution in [0.3, 0.4) is 0 Å². The molecule has 1 aromatic heterocycles. The van der Waals surface area contributed by atoms with Crippen LogP contribution >= 0.6 is 0 Å². The molecule has 2 fully saturated rings. The van der Waals surface area contributed by atoms with Gasteiger partial charge in [0.05, 0.1) is 18.7 Å². The lowest BCUT2D eigenvalue weighted by Gasteiger charge is -2.26. The third-order valence-electron chi connectivity index (χ3n) is 6.42. The number of hydrogen-bond donors (Lipinski definition) is 0. The van der Waals surface area contributed by atoms with Crippen LogP contribution in [0.2, 0.25) is 0 Å². The Kier molecular flexibility index (Phi) is 4.70. The second-order valence-corrected chi connectivity index (χ2v) is 8.09. The van der Waals surface area contributed by atoms with E-state index >= 15 is 0 Å². The van der Waals surface area contributed by atoms with Crippen molar-refractivity contribution in [1.29, 1.82) is 0 Å². The molecule has 150 valence electrons. The number of amides is 2. The Morgan fingerprint density at radius 1 is 1.17 bits per heavy atom. The summed E-state index contributed by atoms with van der Waals surface area (Å²) in [5.74, 6) is 1.09. The maximum atomic E-state index is 13.2. The van der Waals surface area contributed by atoms with Gasteiger partial charge >= 0.3 is 0 Å². The van der Waals surface area contributed by atoms with Gasteiger partial charge in [0, 0.05) is 37.5 Å². The molecule has 3 aliphatic rings. The topological polar surface area (TPSA) is 62.7 Å². The smallest absolute Gasteiger partial charge is 0.254 e. The van der Waals surface area contributed by atoms with Crippen LogP contribution in [-0.2, 0) is 17.6 Å². The second-order valence-electron chi connectivity index (χ2n) is 8.09. The van der Waals surface area contributed by atoms with Gasteiger partial charge in [-0.25, -0.2) is 0 Å². The van der Waals surface area contributed by atoms with Crippen molar-refractivity contribution in [2.45, 2.75) is 44.2 Å². The highest BCUT2D eigenvalue weighted by Gasteiger charge is 2.48. The quantitative estimate of drug-likeness (QED) is 0.803. The molecule has 3 aliphatic heterocycles. The van der Waals surface area contributed by atoms with Crippen molar-refractivity contribution in [2.75, 3.05) is 19.7 Å². The fourth-order valence-corrected chi connectivity index (χ4v) is 4.93. The number of aryl methyl sites for hydroxylation is 1. The molecule has 6 nitrogen and oxygen atoms in total. The molecule has 0 radical (unpaired) electrons. The first kappa shape index (κ1) is 18.2. The number of carbonyl (C=O) groups excluding carboxylic acids is 2. The van der Waals surface area contributed by atoms with Gasteiger partial charge in [-0.05, 0) is 67.1 Å². The van der Waals surface area contributed by atoms with Gasteiger partial charge in [-0.2, -0.15) is 0 Å². The number of ether oxygens (including phenoxy) is 1. The molecule has 0 unspecified atom stereocenters. The minimum Gasteiger partial charge on any atom is -0.493 e. The number of benzene rings is 1. The van der Waals surface area contributed by atoms with Crippen molar-refractivity contribution in [3.63, 3.8) is 0 Å². The largest absolute Gasteiger partial charge is 0.493 e. The van der Waals surface area contributed by atoms with Crippen LogP contribution in [0.5, 0.6) is 5.75 Å². The highest BCUT2D eigenvalue weighted by atomic mass is 16.5. The van der Waals surface area contributed by atoms with Gasteiger partial charge in [-0.15, -0.1) is 0 Å². The second kappa shape index (κ2) is 7.50. The lowest BCUT2D eigenvalue weighted by atomic mass is 10.0. The zero-order chi connectivity index (χ0) is 19.8. The molecule has 0 N–H and O–H groups in total. The van der Waals surface area contributed by atoms with Crippen LogP contribution in [0.1, 0.15) is 40.7 Å². The monoisotopic (exact) mass is 391 g/mol. The number of aromatic nitrogens is 1. The molecule has 1 aromatic carbocycles. The fourth-order valence-electron chi connectivity index (χ4n) is 4.93. The SMILES string of the molecule is O=C1C[C@H]2[C@H](CCN2C(=O)c2ccc3c(c2)CCCO3)N1CCc1ccncc1. The van der Waals surface area contributed by atoms with E-state index in [-0.39, 0.29) is 23.9 Å². The average molecular weight is 391 g/mol. The molecular weight excluding hydrogens is 366 g/mol. The predicted octanol–water partition coefficient (Wildman–Crippen LogP) is 2.46. The van der Waals surface area contributed by atoms with Crippen molar-refractivity contribution >= 4 is 11.8 Å². The van der Waals surface area contributed by atoms with Crippen LogP contribution in [0.25, 0.3) is 0 Å². The van der Waals surface area contributed by atoms with E-state index in [1.165, 1.54) is 5.56 Å². The summed E-state index contributed by atoms with van der Waals surface area (Å²) in [6.45, 7) is 2.15. The van der Waals surface area contributed by atoms with Crippen molar-refractivity contribution in [3.05, 3.63) is 59.4 Å². The summed E-state index contributed by atoms with van der Waals surface area (Å²) < 4.78 is 5.66. The molecule has 2 amide bonds. The number of carbonyl (C=O) groups is 2. The summed E-state index contributed by atoms with van der Waals surface area (Å²) in [6.07, 6.45) is 7.60. The molecule has 2 saturated heterocycles. The standard InChI is InChI=1S/C23H25N3O3/c27-22-15-20-19(25(22)11-7-16-5-9-24-10-6-16)8-12-26(20)23(28)18-3-4-21-17(14-18)2-1-13-29-21/h3-6,9-10,14,19-20H,1-2,7-8,11-13,15H2/t19-,20-/m0/s1. The van der Waals surface area contributed by atoms with E-state index in [9.17, 15) is 9.59 Å². The average Bonchev–Trinajstić information content (AvgIpc) is 3.30. The zero-order valence-corrected chi connectivity index (χ0v) is 16.4. The van der Waals surface area contributed by atoms with Gasteiger partial charge in [-0.1, -0.05) is 0 Å². The summed E-state index contributed by atoms with van der Waals surface area (Å²) >= 11 is 0.